The van der Waals surface area contributed by atoms with Crippen molar-refractivity contribution < 1.29 is 9.47 Å². The molecule has 0 heterocycles. The monoisotopic (exact) mass is 428 g/mol. The summed E-state index contributed by atoms with van der Waals surface area (Å²) in [6.45, 7) is 4.49. The number of hydrogen-bond acceptors (Lipinski definition) is 2. The highest BCUT2D eigenvalue weighted by Gasteiger charge is 2.13. The average molecular weight is 429 g/mol. The van der Waals surface area contributed by atoms with Crippen LogP contribution < -0.4 is 9.47 Å². The van der Waals surface area contributed by atoms with Crippen LogP contribution in [0, 0.1) is 0 Å². The fourth-order valence-corrected chi connectivity index (χ4v) is 4.76. The Hall–Kier alpha value is -2.74. The highest BCUT2D eigenvalue weighted by atomic mass is 16.5. The van der Waals surface area contributed by atoms with E-state index < -0.39 is 0 Å². The van der Waals surface area contributed by atoms with Crippen LogP contribution in [-0.2, 0) is 0 Å². The first-order valence-corrected chi connectivity index (χ1v) is 12.4. The molecule has 2 atom stereocenters. The summed E-state index contributed by atoms with van der Waals surface area (Å²) in [6.07, 6.45) is 18.3. The molecule has 4 rings (SSSR count). The van der Waals surface area contributed by atoms with Crippen molar-refractivity contribution in [2.24, 2.45) is 0 Å². The van der Waals surface area contributed by atoms with Crippen LogP contribution in [0.15, 0.2) is 72.8 Å². The van der Waals surface area contributed by atoms with Crippen molar-refractivity contribution in [2.75, 3.05) is 0 Å². The molecule has 2 heteroatoms. The van der Waals surface area contributed by atoms with Crippen molar-refractivity contribution >= 4 is 11.1 Å². The molecular formula is C30H36O2. The fraction of sp³-hybridized carbons (Fsp3) is 0.400. The molecule has 168 valence electrons. The maximum Gasteiger partial charge on any atom is 0.120 e. The lowest BCUT2D eigenvalue weighted by Gasteiger charge is -2.20. The van der Waals surface area contributed by atoms with Gasteiger partial charge in [-0.05, 0) is 110 Å². The SMILES string of the molecule is CC/C(=C(\CC)c1ccc(O[C@H]2C=CCCC2)cc1)c1ccc(O[C@H]2C=CCCC2)cc1. The van der Waals surface area contributed by atoms with Crippen molar-refractivity contribution in [1.82, 2.24) is 0 Å². The van der Waals surface area contributed by atoms with Gasteiger partial charge in [-0.3, -0.25) is 0 Å². The zero-order chi connectivity index (χ0) is 22.2. The van der Waals surface area contributed by atoms with Gasteiger partial charge >= 0.3 is 0 Å². The summed E-state index contributed by atoms with van der Waals surface area (Å²) in [5, 5.41) is 0. The lowest BCUT2D eigenvalue weighted by molar-refractivity contribution is 0.229. The number of benzene rings is 2. The van der Waals surface area contributed by atoms with Crippen LogP contribution in [0.2, 0.25) is 0 Å². The Balaban J connectivity index is 1.50. The predicted octanol–water partition coefficient (Wildman–Crippen LogP) is 8.39. The van der Waals surface area contributed by atoms with Gasteiger partial charge in [-0.25, -0.2) is 0 Å². The van der Waals surface area contributed by atoms with Crippen molar-refractivity contribution in [1.29, 1.82) is 0 Å². The molecule has 0 saturated carbocycles. The standard InChI is InChI=1S/C30H36O2/c1-3-29(23-15-19-27(20-16-23)31-25-11-7-5-8-12-25)30(4-2)24-17-21-28(22-18-24)32-26-13-9-6-10-14-26/h7,9,11,13,15-22,25-26H,3-6,8,10,12,14H2,1-2H3/b30-29-/t25-,26-/m0/s1. The van der Waals surface area contributed by atoms with E-state index in [0.717, 1.165) is 37.2 Å². The van der Waals surface area contributed by atoms with Gasteiger partial charge in [-0.1, -0.05) is 50.3 Å². The van der Waals surface area contributed by atoms with Gasteiger partial charge in [0.25, 0.3) is 0 Å². The van der Waals surface area contributed by atoms with E-state index in [1.54, 1.807) is 0 Å². The summed E-state index contributed by atoms with van der Waals surface area (Å²) in [5.74, 6) is 1.91. The molecule has 0 spiro atoms. The number of rotatable bonds is 8. The van der Waals surface area contributed by atoms with Gasteiger partial charge in [0.1, 0.15) is 23.7 Å². The van der Waals surface area contributed by atoms with E-state index >= 15 is 0 Å². The molecule has 0 radical (unpaired) electrons. The van der Waals surface area contributed by atoms with Crippen molar-refractivity contribution in [3.63, 3.8) is 0 Å². The third-order valence-corrected chi connectivity index (χ3v) is 6.47. The smallest absolute Gasteiger partial charge is 0.120 e. The summed E-state index contributed by atoms with van der Waals surface area (Å²) >= 11 is 0. The fourth-order valence-electron chi connectivity index (χ4n) is 4.76. The maximum absolute atomic E-state index is 6.15. The third kappa shape index (κ3) is 5.73. The van der Waals surface area contributed by atoms with Crippen molar-refractivity contribution in [3.05, 3.63) is 84.0 Å². The predicted molar refractivity (Wildman–Crippen MR) is 135 cm³/mol. The lowest BCUT2D eigenvalue weighted by Crippen LogP contribution is -2.15. The maximum atomic E-state index is 6.15. The molecule has 0 unspecified atom stereocenters. The van der Waals surface area contributed by atoms with Crippen LogP contribution in [0.3, 0.4) is 0 Å². The minimum absolute atomic E-state index is 0.215. The molecule has 0 aromatic heterocycles. The van der Waals surface area contributed by atoms with Gasteiger partial charge in [0.05, 0.1) is 0 Å². The topological polar surface area (TPSA) is 18.5 Å². The van der Waals surface area contributed by atoms with Gasteiger partial charge in [0.2, 0.25) is 0 Å². The number of allylic oxidation sites excluding steroid dienone is 4. The lowest BCUT2D eigenvalue weighted by atomic mass is 9.91. The Morgan fingerprint density at radius 3 is 1.38 bits per heavy atom. The largest absolute Gasteiger partial charge is 0.486 e. The molecule has 2 aliphatic rings. The van der Waals surface area contributed by atoms with Crippen molar-refractivity contribution in [3.8, 4) is 11.5 Å². The van der Waals surface area contributed by atoms with Crippen LogP contribution in [0.1, 0.15) is 76.3 Å². The van der Waals surface area contributed by atoms with E-state index in [0.29, 0.717) is 0 Å². The summed E-state index contributed by atoms with van der Waals surface area (Å²) in [5.41, 5.74) is 5.37. The molecule has 0 saturated heterocycles. The Bertz CT molecular complexity index is 868. The van der Waals surface area contributed by atoms with E-state index in [4.69, 9.17) is 9.47 Å². The van der Waals surface area contributed by atoms with Crippen LogP contribution in [-0.4, -0.2) is 12.2 Å². The van der Waals surface area contributed by atoms with Gasteiger partial charge in [0, 0.05) is 0 Å². The zero-order valence-electron chi connectivity index (χ0n) is 19.6. The van der Waals surface area contributed by atoms with E-state index in [9.17, 15) is 0 Å². The second-order valence-electron chi connectivity index (χ2n) is 8.74. The summed E-state index contributed by atoms with van der Waals surface area (Å²) in [6, 6.07) is 17.3. The Morgan fingerprint density at radius 2 is 1.06 bits per heavy atom. The van der Waals surface area contributed by atoms with Gasteiger partial charge in [-0.2, -0.15) is 0 Å². The molecule has 2 aromatic rings. The van der Waals surface area contributed by atoms with Gasteiger partial charge < -0.3 is 9.47 Å². The number of hydrogen-bond donors (Lipinski definition) is 0. The van der Waals surface area contributed by atoms with Crippen LogP contribution in [0.5, 0.6) is 11.5 Å². The summed E-state index contributed by atoms with van der Waals surface area (Å²) < 4.78 is 12.3. The molecule has 0 fully saturated rings. The molecule has 0 aliphatic heterocycles. The van der Waals surface area contributed by atoms with Crippen molar-refractivity contribution in [2.45, 2.75) is 77.4 Å². The average Bonchev–Trinajstić information content (AvgIpc) is 2.85. The Morgan fingerprint density at radius 1 is 0.656 bits per heavy atom. The molecule has 2 nitrogen and oxygen atoms in total. The summed E-state index contributed by atoms with van der Waals surface area (Å²) in [4.78, 5) is 0. The second kappa shape index (κ2) is 11.2. The van der Waals surface area contributed by atoms with E-state index in [2.05, 4.69) is 86.7 Å². The van der Waals surface area contributed by atoms with E-state index in [1.165, 1.54) is 48.0 Å². The van der Waals surface area contributed by atoms with E-state index in [-0.39, 0.29) is 12.2 Å². The normalized spacial score (nSPS) is 21.2. The molecule has 0 N–H and O–H groups in total. The Kier molecular flexibility index (Phi) is 7.87. The van der Waals surface area contributed by atoms with Crippen LogP contribution in [0.4, 0.5) is 0 Å². The van der Waals surface area contributed by atoms with Gasteiger partial charge in [0.15, 0.2) is 0 Å². The first-order chi connectivity index (χ1) is 15.8. The summed E-state index contributed by atoms with van der Waals surface area (Å²) in [7, 11) is 0. The minimum atomic E-state index is 0.215. The van der Waals surface area contributed by atoms with E-state index in [1.807, 2.05) is 0 Å². The molecule has 0 amide bonds. The third-order valence-electron chi connectivity index (χ3n) is 6.47. The second-order valence-corrected chi connectivity index (χ2v) is 8.74. The van der Waals surface area contributed by atoms with Crippen LogP contribution >= 0.6 is 0 Å². The molecule has 0 bridgehead atoms. The zero-order valence-corrected chi connectivity index (χ0v) is 19.6. The highest BCUT2D eigenvalue weighted by Crippen LogP contribution is 2.33. The molecule has 32 heavy (non-hydrogen) atoms. The Labute approximate surface area is 193 Å². The van der Waals surface area contributed by atoms with Crippen LogP contribution in [0.25, 0.3) is 11.1 Å². The van der Waals surface area contributed by atoms with Gasteiger partial charge in [-0.15, -0.1) is 0 Å². The first-order valence-electron chi connectivity index (χ1n) is 12.4. The quantitative estimate of drug-likeness (QED) is 0.310. The number of ether oxygens (including phenoxy) is 2. The highest BCUT2D eigenvalue weighted by molar-refractivity contribution is 5.90. The molecular weight excluding hydrogens is 392 g/mol. The minimum Gasteiger partial charge on any atom is -0.486 e. The first kappa shape index (κ1) is 22.5. The molecule has 2 aromatic carbocycles. The molecule has 2 aliphatic carbocycles.